The van der Waals surface area contributed by atoms with E-state index in [1.165, 1.54) is 17.9 Å². The molecule has 0 bridgehead atoms. The van der Waals surface area contributed by atoms with Crippen molar-refractivity contribution in [2.24, 2.45) is 0 Å². The van der Waals surface area contributed by atoms with Crippen LogP contribution in [-0.4, -0.2) is 77.0 Å². The number of carbonyl (C=O) groups excluding carboxylic acids is 3. The van der Waals surface area contributed by atoms with Crippen LogP contribution in [0.2, 0.25) is 0 Å². The number of hydroxylamine groups is 2. The van der Waals surface area contributed by atoms with Crippen LogP contribution in [0.1, 0.15) is 19.8 Å². The molecule has 0 aliphatic carbocycles. The molecule has 2 aromatic rings. The van der Waals surface area contributed by atoms with Crippen LogP contribution in [0.25, 0.3) is 0 Å². The maximum absolute atomic E-state index is 15.0. The van der Waals surface area contributed by atoms with E-state index >= 15 is 4.39 Å². The lowest BCUT2D eigenvalue weighted by molar-refractivity contribution is -0.117. The molecule has 0 radical (unpaired) electrons. The molecule has 14 heteroatoms. The summed E-state index contributed by atoms with van der Waals surface area (Å²) in [6, 6.07) is 3.90. The lowest BCUT2D eigenvalue weighted by atomic mass is 10.1. The first-order valence-electron chi connectivity index (χ1n) is 10.7. The van der Waals surface area contributed by atoms with Gasteiger partial charge in [0.1, 0.15) is 17.7 Å². The Bertz CT molecular complexity index is 1080. The van der Waals surface area contributed by atoms with Crippen molar-refractivity contribution >= 4 is 41.2 Å². The van der Waals surface area contributed by atoms with Crippen LogP contribution in [0.15, 0.2) is 18.2 Å². The Morgan fingerprint density at radius 2 is 2.15 bits per heavy atom. The number of nitrogens with zero attached hydrogens (tertiary/aromatic N) is 5. The summed E-state index contributed by atoms with van der Waals surface area (Å²) in [5.74, 6) is -0.430. The van der Waals surface area contributed by atoms with Crippen LogP contribution in [0.3, 0.4) is 0 Å². The number of aromatic nitrogens is 3. The number of ether oxygens (including phenoxy) is 1. The Morgan fingerprint density at radius 3 is 2.85 bits per heavy atom. The van der Waals surface area contributed by atoms with Gasteiger partial charge in [-0.1, -0.05) is 0 Å². The lowest BCUT2D eigenvalue weighted by Crippen LogP contribution is -2.37. The topological polar surface area (TPSA) is 159 Å². The molecule has 182 valence electrons. The highest BCUT2D eigenvalue weighted by atomic mass is 19.1. The number of halogens is 1. The highest BCUT2D eigenvalue weighted by Crippen LogP contribution is 2.29. The van der Waals surface area contributed by atoms with Gasteiger partial charge in [-0.25, -0.2) is 24.1 Å². The number of rotatable bonds is 6. The molecule has 1 aromatic heterocycles. The van der Waals surface area contributed by atoms with Crippen molar-refractivity contribution in [3.63, 3.8) is 0 Å². The molecule has 2 saturated heterocycles. The molecule has 0 spiro atoms. The van der Waals surface area contributed by atoms with E-state index in [1.807, 2.05) is 0 Å². The van der Waals surface area contributed by atoms with Crippen LogP contribution in [0.5, 0.6) is 0 Å². The van der Waals surface area contributed by atoms with Gasteiger partial charge in [0.2, 0.25) is 5.95 Å². The van der Waals surface area contributed by atoms with Gasteiger partial charge in [-0.2, -0.15) is 4.98 Å². The minimum Gasteiger partial charge on any atom is -0.444 e. The van der Waals surface area contributed by atoms with E-state index in [-0.39, 0.29) is 37.4 Å². The third kappa shape index (κ3) is 5.33. The predicted octanol–water partition coefficient (Wildman–Crippen LogP) is 1.51. The SMILES string of the molecule is CC(=O)CC[C@H]1CN(c2ccc(N3CCON(C(=O)Nc4n[nH]c(N)n4)CC3)c(F)c2)C(=O)O1. The average Bonchev–Trinajstić information content (AvgIpc) is 3.27. The smallest absolute Gasteiger partial charge is 0.414 e. The maximum atomic E-state index is 15.0. The molecule has 2 aliphatic rings. The third-order valence-electron chi connectivity index (χ3n) is 5.41. The fourth-order valence-corrected chi connectivity index (χ4v) is 3.71. The molecule has 13 nitrogen and oxygen atoms in total. The normalized spacial score (nSPS) is 18.6. The predicted molar refractivity (Wildman–Crippen MR) is 119 cm³/mol. The molecule has 1 aromatic carbocycles. The van der Waals surface area contributed by atoms with Gasteiger partial charge in [-0.05, 0) is 31.5 Å². The standard InChI is InChI=1S/C20H25FN8O5/c1-12(30)2-4-14-11-28(20(32)34-14)13-3-5-16(15(21)10-13)27-6-7-29(33-9-8-27)19(31)24-18-23-17(22)25-26-18/h3,5,10,14H,2,4,6-9,11H2,1H3,(H4,22,23,24,25,26,31)/t14-/m0/s1. The fraction of sp³-hybridized carbons (Fsp3) is 0.450. The van der Waals surface area contributed by atoms with E-state index in [2.05, 4.69) is 20.5 Å². The first-order valence-corrected chi connectivity index (χ1v) is 10.7. The molecule has 4 rings (SSSR count). The summed E-state index contributed by atoms with van der Waals surface area (Å²) in [5, 5.41) is 9.71. The third-order valence-corrected chi connectivity index (χ3v) is 5.41. The number of nitrogens with one attached hydrogen (secondary N) is 2. The van der Waals surface area contributed by atoms with E-state index < -0.39 is 24.0 Å². The van der Waals surface area contributed by atoms with Gasteiger partial charge in [0.05, 0.1) is 31.1 Å². The van der Waals surface area contributed by atoms with Gasteiger partial charge in [-0.15, -0.1) is 5.10 Å². The molecule has 3 heterocycles. The summed E-state index contributed by atoms with van der Waals surface area (Å²) in [5.41, 5.74) is 6.12. The van der Waals surface area contributed by atoms with Gasteiger partial charge >= 0.3 is 12.1 Å². The molecule has 3 amide bonds. The number of nitrogens with two attached hydrogens (primary N) is 1. The van der Waals surface area contributed by atoms with Crippen molar-refractivity contribution in [2.75, 3.05) is 53.6 Å². The number of H-pyrrole nitrogens is 1. The number of nitrogen functional groups attached to an aromatic ring is 1. The van der Waals surface area contributed by atoms with Crippen molar-refractivity contribution in [3.8, 4) is 0 Å². The Kier molecular flexibility index (Phi) is 6.77. The van der Waals surface area contributed by atoms with Crippen LogP contribution >= 0.6 is 0 Å². The molecule has 0 saturated carbocycles. The van der Waals surface area contributed by atoms with E-state index in [1.54, 1.807) is 17.0 Å². The summed E-state index contributed by atoms with van der Waals surface area (Å²) >= 11 is 0. The minimum absolute atomic E-state index is 0.0119. The van der Waals surface area contributed by atoms with Crippen LogP contribution < -0.4 is 20.9 Å². The van der Waals surface area contributed by atoms with Crippen molar-refractivity contribution in [3.05, 3.63) is 24.0 Å². The second kappa shape index (κ2) is 9.91. The zero-order chi connectivity index (χ0) is 24.2. The first-order chi connectivity index (χ1) is 16.3. The number of ketones is 1. The van der Waals surface area contributed by atoms with Gasteiger partial charge in [0.15, 0.2) is 0 Å². The molecular weight excluding hydrogens is 451 g/mol. The number of aromatic amines is 1. The summed E-state index contributed by atoms with van der Waals surface area (Å²) in [6.45, 7) is 2.67. The molecule has 4 N–H and O–H groups in total. The van der Waals surface area contributed by atoms with Gasteiger partial charge in [0, 0.05) is 19.5 Å². The molecule has 2 fully saturated rings. The number of anilines is 4. The molecule has 1 atom stereocenters. The quantitative estimate of drug-likeness (QED) is 0.561. The highest BCUT2D eigenvalue weighted by molar-refractivity contribution is 5.90. The number of cyclic esters (lactones) is 1. The highest BCUT2D eigenvalue weighted by Gasteiger charge is 2.33. The number of hydrogen-bond acceptors (Lipinski definition) is 9. The van der Waals surface area contributed by atoms with E-state index in [0.717, 1.165) is 5.06 Å². The number of carbonyl (C=O) groups is 3. The number of Topliss-reactive ketones (excluding diaryl/α,β-unsaturated/α-hetero) is 1. The zero-order valence-corrected chi connectivity index (χ0v) is 18.5. The summed E-state index contributed by atoms with van der Waals surface area (Å²) in [6.07, 6.45) is -0.234. The summed E-state index contributed by atoms with van der Waals surface area (Å²) < 4.78 is 20.3. The van der Waals surface area contributed by atoms with Crippen LogP contribution in [0, 0.1) is 5.82 Å². The first kappa shape index (κ1) is 23.2. The van der Waals surface area contributed by atoms with Crippen molar-refractivity contribution in [1.82, 2.24) is 20.2 Å². The van der Waals surface area contributed by atoms with Crippen molar-refractivity contribution in [2.45, 2.75) is 25.9 Å². The molecular formula is C20H25FN8O5. The number of benzene rings is 1. The van der Waals surface area contributed by atoms with E-state index in [9.17, 15) is 14.4 Å². The Labute approximate surface area is 193 Å². The summed E-state index contributed by atoms with van der Waals surface area (Å²) in [4.78, 5) is 48.1. The average molecular weight is 476 g/mol. The maximum Gasteiger partial charge on any atom is 0.414 e. The fourth-order valence-electron chi connectivity index (χ4n) is 3.71. The number of amides is 3. The van der Waals surface area contributed by atoms with Crippen LogP contribution in [0.4, 0.5) is 37.3 Å². The van der Waals surface area contributed by atoms with Gasteiger partial charge in [0.25, 0.3) is 5.95 Å². The van der Waals surface area contributed by atoms with E-state index in [0.29, 0.717) is 37.3 Å². The number of hydrogen-bond donors (Lipinski definition) is 3. The van der Waals surface area contributed by atoms with Crippen LogP contribution in [-0.2, 0) is 14.4 Å². The Morgan fingerprint density at radius 1 is 1.32 bits per heavy atom. The molecule has 0 unspecified atom stereocenters. The van der Waals surface area contributed by atoms with E-state index in [4.69, 9.17) is 15.3 Å². The lowest BCUT2D eigenvalue weighted by Gasteiger charge is -2.23. The van der Waals surface area contributed by atoms with Gasteiger partial charge < -0.3 is 20.2 Å². The van der Waals surface area contributed by atoms with Gasteiger partial charge in [-0.3, -0.25) is 15.1 Å². The second-order valence-corrected chi connectivity index (χ2v) is 7.89. The largest absolute Gasteiger partial charge is 0.444 e. The monoisotopic (exact) mass is 476 g/mol. The Balaban J connectivity index is 1.37. The number of urea groups is 1. The minimum atomic E-state index is -0.580. The zero-order valence-electron chi connectivity index (χ0n) is 18.5. The van der Waals surface area contributed by atoms with Crippen molar-refractivity contribution < 1.29 is 28.3 Å². The second-order valence-electron chi connectivity index (χ2n) is 7.89. The Hall–Kier alpha value is -3.94. The molecule has 2 aliphatic heterocycles. The summed E-state index contributed by atoms with van der Waals surface area (Å²) in [7, 11) is 0. The van der Waals surface area contributed by atoms with Crippen molar-refractivity contribution in [1.29, 1.82) is 0 Å². The molecule has 34 heavy (non-hydrogen) atoms.